The van der Waals surface area contributed by atoms with E-state index in [1.807, 2.05) is 30.3 Å². The van der Waals surface area contributed by atoms with Gasteiger partial charge in [0.1, 0.15) is 11.4 Å². The number of benzene rings is 1. The summed E-state index contributed by atoms with van der Waals surface area (Å²) in [4.78, 5) is 23.1. The molecule has 120 valence electrons. The van der Waals surface area contributed by atoms with Crippen molar-refractivity contribution in [2.45, 2.75) is 18.8 Å². The van der Waals surface area contributed by atoms with Gasteiger partial charge < -0.3 is 9.84 Å². The van der Waals surface area contributed by atoms with Gasteiger partial charge in [-0.3, -0.25) is 9.59 Å². The van der Waals surface area contributed by atoms with Crippen LogP contribution in [0, 0.1) is 12.8 Å². The Kier molecular flexibility index (Phi) is 3.67. The minimum atomic E-state index is -0.823. The number of aromatic nitrogens is 2. The van der Waals surface area contributed by atoms with Crippen molar-refractivity contribution in [2.24, 2.45) is 13.0 Å². The first kappa shape index (κ1) is 15.3. The normalized spacial score (nSPS) is 22.6. The summed E-state index contributed by atoms with van der Waals surface area (Å²) in [5.74, 6) is -0.888. The van der Waals surface area contributed by atoms with Gasteiger partial charge in [0, 0.05) is 18.5 Å². The molecule has 1 aliphatic rings. The van der Waals surface area contributed by atoms with Crippen LogP contribution in [0.25, 0.3) is 0 Å². The molecule has 1 saturated carbocycles. The molecule has 1 aromatic carbocycles. The average molecular weight is 314 g/mol. The van der Waals surface area contributed by atoms with Gasteiger partial charge in [-0.2, -0.15) is 5.10 Å². The summed E-state index contributed by atoms with van der Waals surface area (Å²) in [6, 6.07) is 10.9. The molecule has 0 amide bonds. The van der Waals surface area contributed by atoms with Crippen LogP contribution in [-0.2, 0) is 17.3 Å². The molecule has 1 N–H and O–H groups in total. The summed E-state index contributed by atoms with van der Waals surface area (Å²) in [7, 11) is 1.58. The number of carboxylic acid groups (broad SMARTS) is 1. The van der Waals surface area contributed by atoms with Gasteiger partial charge in [0.2, 0.25) is 0 Å². The van der Waals surface area contributed by atoms with Crippen molar-refractivity contribution in [1.82, 2.24) is 9.78 Å². The Morgan fingerprint density at radius 2 is 2.13 bits per heavy atom. The second kappa shape index (κ2) is 5.53. The van der Waals surface area contributed by atoms with Gasteiger partial charge >= 0.3 is 5.97 Å². The topological polar surface area (TPSA) is 81.4 Å². The predicted molar refractivity (Wildman–Crippen MR) is 83.6 cm³/mol. The Bertz CT molecular complexity index is 800. The van der Waals surface area contributed by atoms with Crippen molar-refractivity contribution < 1.29 is 14.6 Å². The highest BCUT2D eigenvalue weighted by atomic mass is 16.5. The highest BCUT2D eigenvalue weighted by Gasteiger charge is 2.60. The third kappa shape index (κ3) is 2.72. The molecular weight excluding hydrogens is 296 g/mol. The van der Waals surface area contributed by atoms with E-state index in [2.05, 4.69) is 5.10 Å². The van der Waals surface area contributed by atoms with Gasteiger partial charge in [-0.15, -0.1) is 0 Å². The van der Waals surface area contributed by atoms with E-state index in [0.29, 0.717) is 17.9 Å². The molecule has 3 rings (SSSR count). The molecular formula is C17H18N2O4. The van der Waals surface area contributed by atoms with E-state index >= 15 is 0 Å². The zero-order chi connectivity index (χ0) is 16.6. The van der Waals surface area contributed by atoms with Crippen LogP contribution in [0.4, 0.5) is 0 Å². The maximum Gasteiger partial charge on any atom is 0.307 e. The molecule has 1 fully saturated rings. The number of carbonyl (C=O) groups is 1. The molecule has 1 aromatic heterocycles. The molecule has 0 unspecified atom stereocenters. The molecule has 0 aliphatic heterocycles. The van der Waals surface area contributed by atoms with E-state index in [-0.39, 0.29) is 12.2 Å². The fraction of sp³-hybridized carbons (Fsp3) is 0.353. The lowest BCUT2D eigenvalue weighted by Crippen LogP contribution is -2.25. The summed E-state index contributed by atoms with van der Waals surface area (Å²) in [6.07, 6.45) is 0.531. The van der Waals surface area contributed by atoms with Crippen LogP contribution in [0.2, 0.25) is 0 Å². The lowest BCUT2D eigenvalue weighted by molar-refractivity contribution is -0.139. The van der Waals surface area contributed by atoms with Gasteiger partial charge in [0.05, 0.1) is 12.5 Å². The van der Waals surface area contributed by atoms with Crippen molar-refractivity contribution in [1.29, 1.82) is 0 Å². The Morgan fingerprint density at radius 1 is 1.43 bits per heavy atom. The van der Waals surface area contributed by atoms with E-state index in [1.165, 1.54) is 10.7 Å². The Balaban J connectivity index is 1.86. The average Bonchev–Trinajstić information content (AvgIpc) is 3.27. The second-order valence-corrected chi connectivity index (χ2v) is 5.96. The number of hydrogen-bond acceptors (Lipinski definition) is 4. The summed E-state index contributed by atoms with van der Waals surface area (Å²) >= 11 is 0. The predicted octanol–water partition coefficient (Wildman–Crippen LogP) is 1.51. The lowest BCUT2D eigenvalue weighted by Gasteiger charge is -2.18. The molecule has 1 aliphatic carbocycles. The number of nitrogens with zero attached hydrogens (tertiary/aromatic N) is 2. The van der Waals surface area contributed by atoms with Crippen LogP contribution in [0.1, 0.15) is 17.7 Å². The quantitative estimate of drug-likeness (QED) is 0.904. The number of rotatable bonds is 5. The standard InChI is InChI=1S/C17H18N2O4/c1-11-14(8-15(20)19(2)18-11)23-10-17(9-13(17)16(21)22)12-6-4-3-5-7-12/h3-8,13H,9-10H2,1-2H3,(H,21,22)/t13-,17+/m0/s1. The van der Waals surface area contributed by atoms with E-state index in [0.717, 1.165) is 5.56 Å². The number of ether oxygens (including phenoxy) is 1. The Morgan fingerprint density at radius 3 is 2.74 bits per heavy atom. The molecule has 6 nitrogen and oxygen atoms in total. The zero-order valence-corrected chi connectivity index (χ0v) is 13.0. The van der Waals surface area contributed by atoms with E-state index in [1.54, 1.807) is 14.0 Å². The van der Waals surface area contributed by atoms with Gasteiger partial charge in [-0.05, 0) is 18.9 Å². The summed E-state index contributed by atoms with van der Waals surface area (Å²) in [5.41, 5.74) is 0.746. The van der Waals surface area contributed by atoms with Crippen molar-refractivity contribution >= 4 is 5.97 Å². The second-order valence-electron chi connectivity index (χ2n) is 5.96. The lowest BCUT2D eigenvalue weighted by atomic mass is 9.94. The van der Waals surface area contributed by atoms with E-state index in [9.17, 15) is 14.7 Å². The minimum absolute atomic E-state index is 0.212. The Hall–Kier alpha value is -2.63. The molecule has 2 atom stereocenters. The van der Waals surface area contributed by atoms with E-state index in [4.69, 9.17) is 4.74 Å². The van der Waals surface area contributed by atoms with Crippen molar-refractivity contribution in [3.05, 3.63) is 58.0 Å². The van der Waals surface area contributed by atoms with Crippen LogP contribution in [0.5, 0.6) is 5.75 Å². The molecule has 0 saturated heterocycles. The van der Waals surface area contributed by atoms with Gasteiger partial charge in [0.15, 0.2) is 0 Å². The number of hydrogen-bond donors (Lipinski definition) is 1. The number of aliphatic carboxylic acids is 1. The third-order valence-electron chi connectivity index (χ3n) is 4.44. The zero-order valence-electron chi connectivity index (χ0n) is 13.0. The smallest absolute Gasteiger partial charge is 0.307 e. The van der Waals surface area contributed by atoms with Crippen molar-refractivity contribution in [3.8, 4) is 5.75 Å². The summed E-state index contributed by atoms with van der Waals surface area (Å²) in [6.45, 7) is 1.97. The van der Waals surface area contributed by atoms with Crippen LogP contribution in [0.15, 0.2) is 41.2 Å². The molecule has 23 heavy (non-hydrogen) atoms. The van der Waals surface area contributed by atoms with Crippen LogP contribution in [0.3, 0.4) is 0 Å². The van der Waals surface area contributed by atoms with Crippen molar-refractivity contribution in [2.75, 3.05) is 6.61 Å². The highest BCUT2D eigenvalue weighted by Crippen LogP contribution is 2.54. The monoisotopic (exact) mass is 314 g/mol. The minimum Gasteiger partial charge on any atom is -0.490 e. The summed E-state index contributed by atoms with van der Waals surface area (Å²) < 4.78 is 7.04. The SMILES string of the molecule is Cc1nn(C)c(=O)cc1OC[C@@]1(c2ccccc2)C[C@H]1C(=O)O. The van der Waals surface area contributed by atoms with Gasteiger partial charge in [0.25, 0.3) is 5.56 Å². The maximum absolute atomic E-state index is 11.7. The highest BCUT2D eigenvalue weighted by molar-refractivity contribution is 5.77. The first-order chi connectivity index (χ1) is 10.9. The van der Waals surface area contributed by atoms with Crippen LogP contribution in [-0.4, -0.2) is 27.5 Å². The summed E-state index contributed by atoms with van der Waals surface area (Å²) in [5, 5.41) is 13.4. The number of carboxylic acids is 1. The van der Waals surface area contributed by atoms with E-state index < -0.39 is 17.3 Å². The first-order valence-corrected chi connectivity index (χ1v) is 7.40. The van der Waals surface area contributed by atoms with Crippen LogP contribution >= 0.6 is 0 Å². The maximum atomic E-state index is 11.7. The molecule has 0 radical (unpaired) electrons. The van der Waals surface area contributed by atoms with Gasteiger partial charge in [-0.1, -0.05) is 30.3 Å². The third-order valence-corrected chi connectivity index (χ3v) is 4.44. The molecule has 0 spiro atoms. The molecule has 2 aromatic rings. The Labute approximate surface area is 133 Å². The molecule has 6 heteroatoms. The molecule has 1 heterocycles. The fourth-order valence-electron chi connectivity index (χ4n) is 2.95. The van der Waals surface area contributed by atoms with Crippen LogP contribution < -0.4 is 10.3 Å². The first-order valence-electron chi connectivity index (χ1n) is 7.40. The largest absolute Gasteiger partial charge is 0.490 e. The van der Waals surface area contributed by atoms with Crippen molar-refractivity contribution in [3.63, 3.8) is 0 Å². The van der Waals surface area contributed by atoms with Gasteiger partial charge in [-0.25, -0.2) is 4.68 Å². The number of aryl methyl sites for hydroxylation is 2. The fourth-order valence-corrected chi connectivity index (χ4v) is 2.95. The molecule has 0 bridgehead atoms.